The molecule has 0 spiro atoms. The Morgan fingerprint density at radius 2 is 1.68 bits per heavy atom. The predicted molar refractivity (Wildman–Crippen MR) is 70.1 cm³/mol. The first-order chi connectivity index (χ1) is 8.38. The van der Waals surface area contributed by atoms with Gasteiger partial charge in [0.2, 0.25) is 0 Å². The molecule has 0 N–H and O–H groups in total. The van der Waals surface area contributed by atoms with E-state index in [0.717, 1.165) is 18.2 Å². The van der Waals surface area contributed by atoms with E-state index >= 15 is 0 Å². The SMILES string of the molecule is O=S(=O)(Br)C(F)(F)C(F)(F)Sc1ccc(Cl)cc1Cl. The average molecular weight is 422 g/mol. The summed E-state index contributed by atoms with van der Waals surface area (Å²) in [7, 11) is -5.46. The van der Waals surface area contributed by atoms with Crippen LogP contribution in [0.3, 0.4) is 0 Å². The van der Waals surface area contributed by atoms with Gasteiger partial charge < -0.3 is 0 Å². The summed E-state index contributed by atoms with van der Waals surface area (Å²) in [5, 5.41) is -10.4. The van der Waals surface area contributed by atoms with Crippen molar-refractivity contribution in [2.45, 2.75) is 15.4 Å². The van der Waals surface area contributed by atoms with E-state index in [4.69, 9.17) is 23.2 Å². The molecule has 1 rings (SSSR count). The Kier molecular flexibility index (Phi) is 5.11. The van der Waals surface area contributed by atoms with Crippen molar-refractivity contribution in [2.75, 3.05) is 0 Å². The molecule has 0 fully saturated rings. The minimum Gasteiger partial charge on any atom is -0.210 e. The van der Waals surface area contributed by atoms with Crippen molar-refractivity contribution in [3.8, 4) is 0 Å². The van der Waals surface area contributed by atoms with Crippen LogP contribution < -0.4 is 0 Å². The van der Waals surface area contributed by atoms with E-state index in [0.29, 0.717) is 0 Å². The quantitative estimate of drug-likeness (QED) is 0.390. The molecule has 19 heavy (non-hydrogen) atoms. The molecule has 0 heterocycles. The summed E-state index contributed by atoms with van der Waals surface area (Å²) in [5.41, 5.74) is 0. The number of hydrogen-bond acceptors (Lipinski definition) is 3. The van der Waals surface area contributed by atoms with E-state index in [2.05, 4.69) is 0 Å². The van der Waals surface area contributed by atoms with Gasteiger partial charge in [-0.25, -0.2) is 8.42 Å². The smallest absolute Gasteiger partial charge is 0.210 e. The van der Waals surface area contributed by atoms with E-state index in [-0.39, 0.29) is 10.0 Å². The lowest BCUT2D eigenvalue weighted by molar-refractivity contribution is -0.0883. The van der Waals surface area contributed by atoms with Crippen molar-refractivity contribution in [2.24, 2.45) is 0 Å². The van der Waals surface area contributed by atoms with Crippen LogP contribution in [0.4, 0.5) is 17.6 Å². The van der Waals surface area contributed by atoms with E-state index < -0.39 is 35.4 Å². The van der Waals surface area contributed by atoms with E-state index in [1.165, 1.54) is 0 Å². The molecule has 0 aliphatic heterocycles. The number of thioether (sulfide) groups is 1. The minimum absolute atomic E-state index is 0.123. The monoisotopic (exact) mass is 420 g/mol. The average Bonchev–Trinajstić information content (AvgIpc) is 2.20. The topological polar surface area (TPSA) is 34.1 Å². The molecule has 0 atom stereocenters. The van der Waals surface area contributed by atoms with Crippen molar-refractivity contribution < 1.29 is 26.0 Å². The number of halogens is 7. The fourth-order valence-electron chi connectivity index (χ4n) is 0.897. The zero-order chi connectivity index (χ0) is 15.1. The molecule has 0 saturated carbocycles. The molecule has 0 saturated heterocycles. The van der Waals surface area contributed by atoms with Crippen molar-refractivity contribution in [1.29, 1.82) is 0 Å². The molecule has 0 radical (unpaired) electrons. The zero-order valence-electron chi connectivity index (χ0n) is 8.51. The summed E-state index contributed by atoms with van der Waals surface area (Å²) >= 11 is 12.0. The fraction of sp³-hybridized carbons (Fsp3) is 0.250. The Balaban J connectivity index is 3.16. The van der Waals surface area contributed by atoms with E-state index in [9.17, 15) is 26.0 Å². The highest BCUT2D eigenvalue weighted by molar-refractivity contribution is 9.47. The Labute approximate surface area is 127 Å². The van der Waals surface area contributed by atoms with Crippen LogP contribution in [0.1, 0.15) is 0 Å². The largest absolute Gasteiger partial charge is 0.427 e. The van der Waals surface area contributed by atoms with Gasteiger partial charge in [0.1, 0.15) is 0 Å². The van der Waals surface area contributed by atoms with Crippen LogP contribution in [0.5, 0.6) is 0 Å². The third-order valence-corrected chi connectivity index (χ3v) is 5.74. The molecular formula is C8H3BrCl2F4O2S2. The van der Waals surface area contributed by atoms with Crippen molar-refractivity contribution in [3.63, 3.8) is 0 Å². The third-order valence-electron chi connectivity index (χ3n) is 1.78. The van der Waals surface area contributed by atoms with Gasteiger partial charge >= 0.3 is 10.5 Å². The second-order valence-electron chi connectivity index (χ2n) is 3.15. The number of rotatable bonds is 4. The maximum Gasteiger partial charge on any atom is 0.427 e. The zero-order valence-corrected chi connectivity index (χ0v) is 13.2. The van der Waals surface area contributed by atoms with Crippen LogP contribution in [0.2, 0.25) is 10.0 Å². The van der Waals surface area contributed by atoms with Crippen molar-refractivity contribution in [3.05, 3.63) is 28.2 Å². The first-order valence-electron chi connectivity index (χ1n) is 4.22. The lowest BCUT2D eigenvalue weighted by Gasteiger charge is -2.23. The minimum atomic E-state index is -5.46. The molecule has 0 aromatic heterocycles. The number of hydrogen-bond donors (Lipinski definition) is 0. The summed E-state index contributed by atoms with van der Waals surface area (Å²) in [6.07, 6.45) is 0. The standard InChI is InChI=1S/C8H3BrCl2F4O2S2/c9-19(16,17)8(14,15)7(12,13)18-6-2-1-4(10)3-5(6)11/h1-3H. The van der Waals surface area contributed by atoms with Gasteiger partial charge in [-0.3, -0.25) is 0 Å². The molecular weight excluding hydrogens is 419 g/mol. The molecule has 1 aromatic carbocycles. The van der Waals surface area contributed by atoms with Crippen LogP contribution >= 0.6 is 49.8 Å². The number of alkyl halides is 4. The molecule has 0 amide bonds. The van der Waals surface area contributed by atoms with Gasteiger partial charge in [-0.2, -0.15) is 17.6 Å². The lowest BCUT2D eigenvalue weighted by atomic mass is 10.4. The summed E-state index contributed by atoms with van der Waals surface area (Å²) in [5.74, 6) is 0. The highest BCUT2D eigenvalue weighted by Gasteiger charge is 2.65. The summed E-state index contributed by atoms with van der Waals surface area (Å²) in [6, 6.07) is 3.22. The van der Waals surface area contributed by atoms with Gasteiger partial charge in [-0.05, 0) is 30.0 Å². The molecule has 1 aromatic rings. The molecule has 0 aliphatic rings. The third kappa shape index (κ3) is 3.69. The Morgan fingerprint density at radius 1 is 1.16 bits per heavy atom. The molecule has 0 bridgehead atoms. The fourth-order valence-corrected chi connectivity index (χ4v) is 3.78. The van der Waals surface area contributed by atoms with Crippen LogP contribution in [-0.4, -0.2) is 18.9 Å². The maximum atomic E-state index is 13.4. The normalized spacial score (nSPS) is 13.6. The second kappa shape index (κ2) is 5.59. The van der Waals surface area contributed by atoms with Gasteiger partial charge in [0.05, 0.1) is 19.8 Å². The van der Waals surface area contributed by atoms with Crippen molar-refractivity contribution >= 4 is 58.0 Å². The van der Waals surface area contributed by atoms with Crippen LogP contribution in [0.15, 0.2) is 23.1 Å². The van der Waals surface area contributed by atoms with Gasteiger partial charge in [0.25, 0.3) is 8.27 Å². The first-order valence-corrected chi connectivity index (χ1v) is 9.12. The Morgan fingerprint density at radius 3 is 2.11 bits per heavy atom. The molecule has 0 aliphatic carbocycles. The first kappa shape index (κ1) is 17.4. The van der Waals surface area contributed by atoms with Gasteiger partial charge in [-0.15, -0.1) is 0 Å². The van der Waals surface area contributed by atoms with Gasteiger partial charge in [0.15, 0.2) is 0 Å². The molecule has 11 heteroatoms. The summed E-state index contributed by atoms with van der Waals surface area (Å²) in [4.78, 5) is -0.424. The van der Waals surface area contributed by atoms with Crippen LogP contribution in [0.25, 0.3) is 0 Å². The summed E-state index contributed by atoms with van der Waals surface area (Å²) in [6.45, 7) is 0. The van der Waals surface area contributed by atoms with Crippen LogP contribution in [0, 0.1) is 0 Å². The van der Waals surface area contributed by atoms with Gasteiger partial charge in [-0.1, -0.05) is 23.2 Å². The lowest BCUT2D eigenvalue weighted by Crippen LogP contribution is -2.42. The highest BCUT2D eigenvalue weighted by Crippen LogP contribution is 2.52. The molecule has 0 unspecified atom stereocenters. The Bertz CT molecular complexity index is 594. The van der Waals surface area contributed by atoms with Crippen molar-refractivity contribution in [1.82, 2.24) is 0 Å². The number of benzene rings is 1. The maximum absolute atomic E-state index is 13.4. The van der Waals surface area contributed by atoms with Crippen LogP contribution in [-0.2, 0) is 8.27 Å². The van der Waals surface area contributed by atoms with Gasteiger partial charge in [0, 0.05) is 9.92 Å². The second-order valence-corrected chi connectivity index (χ2v) is 9.09. The molecule has 2 nitrogen and oxygen atoms in total. The predicted octanol–water partition coefficient (Wildman–Crippen LogP) is 5.00. The molecule has 108 valence electrons. The Hall–Kier alpha value is 0.300. The van der Waals surface area contributed by atoms with E-state index in [1.807, 2.05) is 0 Å². The summed E-state index contributed by atoms with van der Waals surface area (Å²) < 4.78 is 74.3. The highest BCUT2D eigenvalue weighted by atomic mass is 79.9. The van der Waals surface area contributed by atoms with E-state index in [1.54, 1.807) is 14.8 Å².